The molecule has 0 bridgehead atoms. The Morgan fingerprint density at radius 1 is 1.47 bits per heavy atom. The number of halogens is 1. The predicted molar refractivity (Wildman–Crippen MR) is 60.9 cm³/mol. The van der Waals surface area contributed by atoms with Crippen molar-refractivity contribution >= 4 is 17.3 Å². The van der Waals surface area contributed by atoms with Crippen LogP contribution >= 0.6 is 11.6 Å². The van der Waals surface area contributed by atoms with E-state index < -0.39 is 6.10 Å². The van der Waals surface area contributed by atoms with Crippen molar-refractivity contribution in [1.29, 1.82) is 5.26 Å². The number of anilines is 1. The van der Waals surface area contributed by atoms with Crippen LogP contribution in [-0.2, 0) is 0 Å². The largest absolute Gasteiger partial charge is 0.391 e. The molecular weight excluding hydrogens is 212 g/mol. The second-order valence-corrected chi connectivity index (χ2v) is 3.89. The monoisotopic (exact) mass is 224 g/mol. The van der Waals surface area contributed by atoms with E-state index in [0.29, 0.717) is 10.6 Å². The molecule has 2 atom stereocenters. The summed E-state index contributed by atoms with van der Waals surface area (Å²) in [6, 6.07) is 7.03. The number of hydrogen-bond acceptors (Lipinski definition) is 3. The highest BCUT2D eigenvalue weighted by molar-refractivity contribution is 6.32. The van der Waals surface area contributed by atoms with Crippen molar-refractivity contribution in [2.24, 2.45) is 0 Å². The Kier molecular flexibility index (Phi) is 3.96. The molecule has 2 N–H and O–H groups in total. The fraction of sp³-hybridized carbons (Fsp3) is 0.364. The van der Waals surface area contributed by atoms with Gasteiger partial charge in [-0.3, -0.25) is 0 Å². The van der Waals surface area contributed by atoms with Crippen LogP contribution in [0.5, 0.6) is 0 Å². The molecule has 0 heterocycles. The molecule has 1 rings (SSSR count). The molecule has 0 saturated carbocycles. The van der Waals surface area contributed by atoms with E-state index in [1.165, 1.54) is 0 Å². The van der Waals surface area contributed by atoms with E-state index in [4.69, 9.17) is 16.9 Å². The SMILES string of the molecule is C[C@H](O)[C@H](C)Nc1ccc(C#N)c(Cl)c1. The average molecular weight is 225 g/mol. The molecular formula is C11H13ClN2O. The number of aliphatic hydroxyl groups is 1. The van der Waals surface area contributed by atoms with Gasteiger partial charge in [0.05, 0.1) is 16.7 Å². The van der Waals surface area contributed by atoms with Gasteiger partial charge in [-0.25, -0.2) is 0 Å². The topological polar surface area (TPSA) is 56.0 Å². The van der Waals surface area contributed by atoms with E-state index in [1.54, 1.807) is 25.1 Å². The van der Waals surface area contributed by atoms with E-state index in [9.17, 15) is 5.11 Å². The molecule has 0 fully saturated rings. The number of aliphatic hydroxyl groups excluding tert-OH is 1. The van der Waals surface area contributed by atoms with Gasteiger partial charge < -0.3 is 10.4 Å². The van der Waals surface area contributed by atoms with Crippen LogP contribution in [0.4, 0.5) is 5.69 Å². The molecule has 0 radical (unpaired) electrons. The highest BCUT2D eigenvalue weighted by Gasteiger charge is 2.08. The van der Waals surface area contributed by atoms with Gasteiger partial charge in [0.25, 0.3) is 0 Å². The van der Waals surface area contributed by atoms with Crippen molar-refractivity contribution in [2.75, 3.05) is 5.32 Å². The standard InChI is InChI=1S/C11H13ClN2O/c1-7(8(2)15)14-10-4-3-9(6-13)11(12)5-10/h3-5,7-8,14-15H,1-2H3/t7-,8-/m0/s1. The van der Waals surface area contributed by atoms with Crippen LogP contribution in [0.2, 0.25) is 5.02 Å². The first-order valence-corrected chi connectivity index (χ1v) is 5.06. The number of nitrogens with one attached hydrogen (secondary N) is 1. The molecule has 15 heavy (non-hydrogen) atoms. The lowest BCUT2D eigenvalue weighted by Crippen LogP contribution is -2.27. The number of nitriles is 1. The Hall–Kier alpha value is -1.24. The van der Waals surface area contributed by atoms with Gasteiger partial charge in [-0.15, -0.1) is 0 Å². The van der Waals surface area contributed by atoms with Gasteiger partial charge in [0.2, 0.25) is 0 Å². The second kappa shape index (κ2) is 5.01. The van der Waals surface area contributed by atoms with Crippen LogP contribution in [0, 0.1) is 11.3 Å². The van der Waals surface area contributed by atoms with Crippen LogP contribution < -0.4 is 5.32 Å². The number of benzene rings is 1. The van der Waals surface area contributed by atoms with Gasteiger partial charge in [0.15, 0.2) is 0 Å². The van der Waals surface area contributed by atoms with Gasteiger partial charge >= 0.3 is 0 Å². The molecule has 0 aliphatic rings. The van der Waals surface area contributed by atoms with Crippen LogP contribution in [0.15, 0.2) is 18.2 Å². The zero-order valence-corrected chi connectivity index (χ0v) is 9.42. The zero-order valence-electron chi connectivity index (χ0n) is 8.66. The highest BCUT2D eigenvalue weighted by Crippen LogP contribution is 2.20. The van der Waals surface area contributed by atoms with Crippen molar-refractivity contribution in [1.82, 2.24) is 0 Å². The van der Waals surface area contributed by atoms with Crippen molar-refractivity contribution < 1.29 is 5.11 Å². The lowest BCUT2D eigenvalue weighted by atomic mass is 10.1. The molecule has 3 nitrogen and oxygen atoms in total. The summed E-state index contributed by atoms with van der Waals surface area (Å²) in [5, 5.41) is 21.5. The lowest BCUT2D eigenvalue weighted by Gasteiger charge is -2.18. The van der Waals surface area contributed by atoms with Crippen molar-refractivity contribution in [3.63, 3.8) is 0 Å². The summed E-state index contributed by atoms with van der Waals surface area (Å²) in [4.78, 5) is 0. The molecule has 0 saturated heterocycles. The third-order valence-corrected chi connectivity index (χ3v) is 2.52. The third-order valence-electron chi connectivity index (χ3n) is 2.21. The third kappa shape index (κ3) is 3.12. The van der Waals surface area contributed by atoms with E-state index in [-0.39, 0.29) is 6.04 Å². The minimum absolute atomic E-state index is 0.0611. The Labute approximate surface area is 94.3 Å². The second-order valence-electron chi connectivity index (χ2n) is 3.48. The maximum absolute atomic E-state index is 9.30. The minimum Gasteiger partial charge on any atom is -0.391 e. The lowest BCUT2D eigenvalue weighted by molar-refractivity contribution is 0.178. The number of rotatable bonds is 3. The molecule has 4 heteroatoms. The Morgan fingerprint density at radius 3 is 2.60 bits per heavy atom. The van der Waals surface area contributed by atoms with Gasteiger partial charge in [0.1, 0.15) is 6.07 Å². The summed E-state index contributed by atoms with van der Waals surface area (Å²) in [7, 11) is 0. The first kappa shape index (κ1) is 11.8. The Balaban J connectivity index is 2.81. The fourth-order valence-corrected chi connectivity index (χ4v) is 1.30. The van der Waals surface area contributed by atoms with Gasteiger partial charge in [-0.05, 0) is 32.0 Å². The van der Waals surface area contributed by atoms with Crippen molar-refractivity contribution in [3.8, 4) is 6.07 Å². The smallest absolute Gasteiger partial charge is 0.101 e. The fourth-order valence-electron chi connectivity index (χ4n) is 1.08. The van der Waals surface area contributed by atoms with Crippen LogP contribution in [-0.4, -0.2) is 17.3 Å². The molecule has 0 amide bonds. The predicted octanol–water partition coefficient (Wildman–Crippen LogP) is 2.39. The van der Waals surface area contributed by atoms with Crippen LogP contribution in [0.1, 0.15) is 19.4 Å². The van der Waals surface area contributed by atoms with E-state index >= 15 is 0 Å². The van der Waals surface area contributed by atoms with E-state index in [0.717, 1.165) is 5.69 Å². The summed E-state index contributed by atoms with van der Waals surface area (Å²) in [6.07, 6.45) is -0.445. The van der Waals surface area contributed by atoms with E-state index in [1.807, 2.05) is 13.0 Å². The van der Waals surface area contributed by atoms with Gasteiger partial charge in [0, 0.05) is 11.7 Å². The minimum atomic E-state index is -0.445. The van der Waals surface area contributed by atoms with E-state index in [2.05, 4.69) is 5.32 Å². The highest BCUT2D eigenvalue weighted by atomic mass is 35.5. The molecule has 0 aliphatic heterocycles. The summed E-state index contributed by atoms with van der Waals surface area (Å²) in [6.45, 7) is 3.58. The first-order chi connectivity index (χ1) is 7.04. The summed E-state index contributed by atoms with van der Waals surface area (Å²) >= 11 is 5.87. The molecule has 1 aromatic carbocycles. The Morgan fingerprint density at radius 2 is 2.13 bits per heavy atom. The molecule has 0 unspecified atom stereocenters. The zero-order chi connectivity index (χ0) is 11.4. The Bertz CT molecular complexity index is 385. The normalized spacial score (nSPS) is 14.1. The van der Waals surface area contributed by atoms with Crippen molar-refractivity contribution in [3.05, 3.63) is 28.8 Å². The summed E-state index contributed by atoms with van der Waals surface area (Å²) in [5.41, 5.74) is 1.25. The first-order valence-electron chi connectivity index (χ1n) is 4.69. The quantitative estimate of drug-likeness (QED) is 0.829. The van der Waals surface area contributed by atoms with Crippen molar-refractivity contribution in [2.45, 2.75) is 26.0 Å². The molecule has 80 valence electrons. The van der Waals surface area contributed by atoms with Crippen LogP contribution in [0.3, 0.4) is 0 Å². The average Bonchev–Trinajstić information content (AvgIpc) is 2.18. The van der Waals surface area contributed by atoms with Gasteiger partial charge in [-0.2, -0.15) is 5.26 Å². The molecule has 0 aromatic heterocycles. The molecule has 1 aromatic rings. The maximum atomic E-state index is 9.30. The maximum Gasteiger partial charge on any atom is 0.101 e. The summed E-state index contributed by atoms with van der Waals surface area (Å²) < 4.78 is 0. The van der Waals surface area contributed by atoms with Crippen LogP contribution in [0.25, 0.3) is 0 Å². The van der Waals surface area contributed by atoms with Gasteiger partial charge in [-0.1, -0.05) is 11.6 Å². The molecule has 0 spiro atoms. The summed E-state index contributed by atoms with van der Waals surface area (Å²) in [5.74, 6) is 0. The number of hydrogen-bond donors (Lipinski definition) is 2. The number of nitrogens with zero attached hydrogens (tertiary/aromatic N) is 1. The molecule has 0 aliphatic carbocycles.